The Kier molecular flexibility index (Phi) is 3.93. The summed E-state index contributed by atoms with van der Waals surface area (Å²) < 4.78 is 27.8. The third-order valence-electron chi connectivity index (χ3n) is 2.36. The van der Waals surface area contributed by atoms with Crippen molar-refractivity contribution in [3.05, 3.63) is 41.7 Å². The molecule has 0 amide bonds. The quantitative estimate of drug-likeness (QED) is 0.863. The number of aliphatic hydroxyl groups excluding tert-OH is 1. The van der Waals surface area contributed by atoms with Gasteiger partial charge in [0.05, 0.1) is 6.10 Å². The molecule has 0 aliphatic rings. The van der Waals surface area contributed by atoms with Gasteiger partial charge >= 0.3 is 0 Å². The number of hydrogen-bond donors (Lipinski definition) is 1. The highest BCUT2D eigenvalue weighted by atomic mass is 32.2. The van der Waals surface area contributed by atoms with Crippen LogP contribution in [0.5, 0.6) is 0 Å². The summed E-state index contributed by atoms with van der Waals surface area (Å²) in [6.07, 6.45) is 0.514. The Hall–Kier alpha value is -1.47. The van der Waals surface area contributed by atoms with Gasteiger partial charge in [0.15, 0.2) is 5.16 Å². The maximum Gasteiger partial charge on any atom is 0.190 e. The molecule has 0 spiro atoms. The number of aryl methyl sites for hydroxylation is 1. The van der Waals surface area contributed by atoms with Crippen LogP contribution in [0.2, 0.25) is 0 Å². The molecule has 0 saturated carbocycles. The van der Waals surface area contributed by atoms with Gasteiger partial charge in [-0.25, -0.2) is 8.78 Å². The number of hydrogen-bond acceptors (Lipinski definition) is 4. The zero-order chi connectivity index (χ0) is 13.1. The summed E-state index contributed by atoms with van der Waals surface area (Å²) in [5.74, 6) is -1.19. The van der Waals surface area contributed by atoms with Crippen molar-refractivity contribution in [3.63, 3.8) is 0 Å². The summed E-state index contributed by atoms with van der Waals surface area (Å²) in [6, 6.07) is 3.12. The lowest BCUT2D eigenvalue weighted by molar-refractivity contribution is 0.198. The van der Waals surface area contributed by atoms with E-state index in [9.17, 15) is 13.9 Å². The first-order valence-electron chi connectivity index (χ1n) is 5.17. The summed E-state index contributed by atoms with van der Waals surface area (Å²) in [5, 5.41) is 18.0. The maximum atomic E-state index is 13.4. The largest absolute Gasteiger partial charge is 0.387 e. The average molecular weight is 271 g/mol. The van der Waals surface area contributed by atoms with Crippen molar-refractivity contribution in [3.8, 4) is 0 Å². The van der Waals surface area contributed by atoms with Crippen LogP contribution in [-0.4, -0.2) is 25.6 Å². The third kappa shape index (κ3) is 2.85. The van der Waals surface area contributed by atoms with Crippen LogP contribution >= 0.6 is 11.8 Å². The Labute approximate surface area is 107 Å². The topological polar surface area (TPSA) is 50.9 Å². The van der Waals surface area contributed by atoms with Crippen molar-refractivity contribution >= 4 is 11.8 Å². The highest BCUT2D eigenvalue weighted by Crippen LogP contribution is 2.24. The van der Waals surface area contributed by atoms with E-state index in [-0.39, 0.29) is 11.3 Å². The summed E-state index contributed by atoms with van der Waals surface area (Å²) >= 11 is 1.25. The first-order chi connectivity index (χ1) is 8.58. The van der Waals surface area contributed by atoms with E-state index < -0.39 is 17.7 Å². The van der Waals surface area contributed by atoms with Gasteiger partial charge in [-0.1, -0.05) is 17.8 Å². The molecular weight excluding hydrogens is 260 g/mol. The minimum absolute atomic E-state index is 0.0751. The fourth-order valence-electron chi connectivity index (χ4n) is 1.42. The van der Waals surface area contributed by atoms with Crippen LogP contribution < -0.4 is 0 Å². The normalized spacial score (nSPS) is 12.7. The fraction of sp³-hybridized carbons (Fsp3) is 0.273. The lowest BCUT2D eigenvalue weighted by Gasteiger charge is -2.11. The SMILES string of the molecule is Cn1cnnc1SCC(O)c1ccc(F)cc1F. The molecule has 0 aliphatic carbocycles. The summed E-state index contributed by atoms with van der Waals surface area (Å²) in [5.41, 5.74) is 0.0751. The molecule has 1 aromatic carbocycles. The third-order valence-corrected chi connectivity index (χ3v) is 3.47. The number of halogens is 2. The molecular formula is C11H11F2N3OS. The first-order valence-corrected chi connectivity index (χ1v) is 6.16. The molecule has 1 N–H and O–H groups in total. The molecule has 18 heavy (non-hydrogen) atoms. The predicted molar refractivity (Wildman–Crippen MR) is 63.0 cm³/mol. The van der Waals surface area contributed by atoms with E-state index in [1.54, 1.807) is 11.6 Å². The van der Waals surface area contributed by atoms with Crippen LogP contribution in [0.4, 0.5) is 8.78 Å². The molecule has 1 heterocycles. The van der Waals surface area contributed by atoms with Gasteiger partial charge in [-0.2, -0.15) is 0 Å². The van der Waals surface area contributed by atoms with E-state index in [1.165, 1.54) is 24.2 Å². The number of benzene rings is 1. The minimum atomic E-state index is -1.02. The molecule has 7 heteroatoms. The zero-order valence-electron chi connectivity index (χ0n) is 9.55. The van der Waals surface area contributed by atoms with Gasteiger partial charge in [0.25, 0.3) is 0 Å². The smallest absolute Gasteiger partial charge is 0.190 e. The maximum absolute atomic E-state index is 13.4. The Morgan fingerprint density at radius 3 is 2.83 bits per heavy atom. The first kappa shape index (κ1) is 13.0. The second-order valence-corrected chi connectivity index (χ2v) is 4.70. The second kappa shape index (κ2) is 5.45. The zero-order valence-corrected chi connectivity index (χ0v) is 10.4. The lowest BCUT2D eigenvalue weighted by Crippen LogP contribution is -2.05. The Morgan fingerprint density at radius 1 is 1.44 bits per heavy atom. The van der Waals surface area contributed by atoms with Crippen LogP contribution in [0.1, 0.15) is 11.7 Å². The second-order valence-electron chi connectivity index (χ2n) is 3.72. The highest BCUT2D eigenvalue weighted by molar-refractivity contribution is 7.99. The molecule has 96 valence electrons. The van der Waals surface area contributed by atoms with Crippen molar-refractivity contribution in [1.82, 2.24) is 14.8 Å². The van der Waals surface area contributed by atoms with Gasteiger partial charge in [0, 0.05) is 24.4 Å². The van der Waals surface area contributed by atoms with E-state index in [2.05, 4.69) is 10.2 Å². The minimum Gasteiger partial charge on any atom is -0.387 e. The average Bonchev–Trinajstić information content (AvgIpc) is 2.72. The molecule has 0 bridgehead atoms. The predicted octanol–water partition coefficient (Wildman–Crippen LogP) is 1.92. The van der Waals surface area contributed by atoms with E-state index in [0.29, 0.717) is 5.16 Å². The van der Waals surface area contributed by atoms with Crippen LogP contribution in [0.15, 0.2) is 29.7 Å². The van der Waals surface area contributed by atoms with Crippen molar-refractivity contribution in [2.75, 3.05) is 5.75 Å². The summed E-state index contributed by atoms with van der Waals surface area (Å²) in [7, 11) is 1.77. The molecule has 0 fully saturated rings. The fourth-order valence-corrected chi connectivity index (χ4v) is 2.26. The molecule has 0 saturated heterocycles. The lowest BCUT2D eigenvalue weighted by atomic mass is 10.1. The molecule has 4 nitrogen and oxygen atoms in total. The molecule has 2 rings (SSSR count). The number of aliphatic hydroxyl groups is 1. The summed E-state index contributed by atoms with van der Waals surface area (Å²) in [6.45, 7) is 0. The van der Waals surface area contributed by atoms with Gasteiger partial charge in [-0.05, 0) is 6.07 Å². The van der Waals surface area contributed by atoms with Crippen molar-refractivity contribution in [2.45, 2.75) is 11.3 Å². The van der Waals surface area contributed by atoms with Crippen molar-refractivity contribution in [1.29, 1.82) is 0 Å². The van der Waals surface area contributed by atoms with Gasteiger partial charge < -0.3 is 9.67 Å². The molecule has 1 unspecified atom stereocenters. The van der Waals surface area contributed by atoms with Crippen molar-refractivity contribution < 1.29 is 13.9 Å². The monoisotopic (exact) mass is 271 g/mol. The number of aromatic nitrogens is 3. The molecule has 2 aromatic rings. The van der Waals surface area contributed by atoms with E-state index in [1.807, 2.05) is 0 Å². The van der Waals surface area contributed by atoms with E-state index in [4.69, 9.17) is 0 Å². The number of thioether (sulfide) groups is 1. The van der Waals surface area contributed by atoms with Gasteiger partial charge in [0.2, 0.25) is 0 Å². The summed E-state index contributed by atoms with van der Waals surface area (Å²) in [4.78, 5) is 0. The Morgan fingerprint density at radius 2 is 2.22 bits per heavy atom. The molecule has 1 atom stereocenters. The van der Waals surface area contributed by atoms with E-state index in [0.717, 1.165) is 12.1 Å². The molecule has 0 aliphatic heterocycles. The van der Waals surface area contributed by atoms with Crippen LogP contribution in [0, 0.1) is 11.6 Å². The van der Waals surface area contributed by atoms with Crippen LogP contribution in [0.25, 0.3) is 0 Å². The van der Waals surface area contributed by atoms with Gasteiger partial charge in [0.1, 0.15) is 18.0 Å². The van der Waals surface area contributed by atoms with E-state index >= 15 is 0 Å². The van der Waals surface area contributed by atoms with Crippen LogP contribution in [-0.2, 0) is 7.05 Å². The van der Waals surface area contributed by atoms with Crippen molar-refractivity contribution in [2.24, 2.45) is 7.05 Å². The Balaban J connectivity index is 2.03. The molecule has 0 radical (unpaired) electrons. The standard InChI is InChI=1S/C11H11F2N3OS/c1-16-6-14-15-11(16)18-5-10(17)8-3-2-7(12)4-9(8)13/h2-4,6,10,17H,5H2,1H3. The Bertz CT molecular complexity index is 547. The number of nitrogens with zero attached hydrogens (tertiary/aromatic N) is 3. The highest BCUT2D eigenvalue weighted by Gasteiger charge is 2.15. The van der Waals surface area contributed by atoms with Crippen LogP contribution in [0.3, 0.4) is 0 Å². The number of rotatable bonds is 4. The van der Waals surface area contributed by atoms with Gasteiger partial charge in [-0.15, -0.1) is 10.2 Å². The molecule has 1 aromatic heterocycles. The van der Waals surface area contributed by atoms with Gasteiger partial charge in [-0.3, -0.25) is 0 Å².